The summed E-state index contributed by atoms with van der Waals surface area (Å²) in [6.45, 7) is 1.43. The maximum absolute atomic E-state index is 13.3. The third-order valence-corrected chi connectivity index (χ3v) is 5.73. The predicted molar refractivity (Wildman–Crippen MR) is 123 cm³/mol. The summed E-state index contributed by atoms with van der Waals surface area (Å²) < 4.78 is 18.7. The maximum atomic E-state index is 13.3. The van der Waals surface area contributed by atoms with E-state index >= 15 is 0 Å². The predicted octanol–water partition coefficient (Wildman–Crippen LogP) is 4.39. The average Bonchev–Trinajstić information content (AvgIpc) is 3.27. The van der Waals surface area contributed by atoms with E-state index in [1.165, 1.54) is 25.1 Å². The number of benzene rings is 2. The van der Waals surface area contributed by atoms with Crippen LogP contribution < -0.4 is 11.1 Å². The molecule has 1 unspecified atom stereocenters. The second-order valence-corrected chi connectivity index (χ2v) is 8.06. The van der Waals surface area contributed by atoms with Gasteiger partial charge in [-0.1, -0.05) is 18.2 Å². The molecule has 33 heavy (non-hydrogen) atoms. The van der Waals surface area contributed by atoms with Crippen molar-refractivity contribution in [3.63, 3.8) is 0 Å². The Labute approximate surface area is 192 Å². The van der Waals surface area contributed by atoms with E-state index in [1.807, 2.05) is 0 Å². The van der Waals surface area contributed by atoms with Gasteiger partial charge >= 0.3 is 5.97 Å². The van der Waals surface area contributed by atoms with Crippen LogP contribution in [0.4, 0.5) is 9.39 Å². The molecule has 0 radical (unpaired) electrons. The second kappa shape index (κ2) is 9.17. The molecule has 2 amide bonds. The van der Waals surface area contributed by atoms with E-state index in [4.69, 9.17) is 10.5 Å². The molecule has 0 aliphatic rings. The number of primary amides is 1. The number of fused-ring (bicyclic) bond motifs is 1. The fraction of sp³-hybridized carbons (Fsp3) is 0.0833. The van der Waals surface area contributed by atoms with Crippen LogP contribution in [-0.2, 0) is 9.53 Å². The number of esters is 1. The lowest BCUT2D eigenvalue weighted by atomic mass is 10.0. The minimum Gasteiger partial charge on any atom is -0.449 e. The number of ether oxygens (including phenoxy) is 1. The monoisotopic (exact) mass is 463 g/mol. The molecule has 0 bridgehead atoms. The van der Waals surface area contributed by atoms with Crippen molar-refractivity contribution < 1.29 is 23.5 Å². The Hall–Kier alpha value is -4.11. The first-order valence-electron chi connectivity index (χ1n) is 9.88. The fourth-order valence-electron chi connectivity index (χ4n) is 3.20. The van der Waals surface area contributed by atoms with Gasteiger partial charge in [-0.3, -0.25) is 9.59 Å². The standard InChI is InChI=1S/C24H18FN3O4S/c1-13(22(30)28-23-17(21(26)29)10-11-33-23)32-24(31)18-12-20(14-6-8-15(25)9-7-14)27-19-5-3-2-4-16(18)19/h2-13H,1H3,(H2,26,29)(H,28,30). The van der Waals surface area contributed by atoms with Crippen LogP contribution in [0, 0.1) is 5.82 Å². The number of nitrogens with zero attached hydrogens (tertiary/aromatic N) is 1. The lowest BCUT2D eigenvalue weighted by molar-refractivity contribution is -0.123. The van der Waals surface area contributed by atoms with Gasteiger partial charge in [0.1, 0.15) is 10.8 Å². The molecule has 9 heteroatoms. The number of halogens is 1. The highest BCUT2D eigenvalue weighted by molar-refractivity contribution is 7.14. The van der Waals surface area contributed by atoms with Crippen molar-refractivity contribution >= 4 is 45.0 Å². The molecular weight excluding hydrogens is 445 g/mol. The summed E-state index contributed by atoms with van der Waals surface area (Å²) in [5, 5.41) is 5.01. The van der Waals surface area contributed by atoms with Crippen LogP contribution in [0.3, 0.4) is 0 Å². The highest BCUT2D eigenvalue weighted by atomic mass is 32.1. The Morgan fingerprint density at radius 3 is 2.52 bits per heavy atom. The van der Waals surface area contributed by atoms with Crippen molar-refractivity contribution in [3.8, 4) is 11.3 Å². The van der Waals surface area contributed by atoms with Crippen molar-refractivity contribution in [2.45, 2.75) is 13.0 Å². The first kappa shape index (κ1) is 22.1. The molecule has 2 heterocycles. The van der Waals surface area contributed by atoms with Crippen LogP contribution in [0.5, 0.6) is 0 Å². The van der Waals surface area contributed by atoms with Gasteiger partial charge in [-0.05, 0) is 54.8 Å². The molecule has 0 aliphatic carbocycles. The van der Waals surface area contributed by atoms with Crippen LogP contribution in [0.25, 0.3) is 22.2 Å². The molecule has 0 saturated heterocycles. The molecule has 0 fully saturated rings. The number of amides is 2. The number of rotatable bonds is 6. The topological polar surface area (TPSA) is 111 Å². The number of nitrogens with two attached hydrogens (primary N) is 1. The number of para-hydroxylation sites is 1. The number of carbonyl (C=O) groups excluding carboxylic acids is 3. The summed E-state index contributed by atoms with van der Waals surface area (Å²) in [7, 11) is 0. The largest absolute Gasteiger partial charge is 0.449 e. The number of hydrogen-bond acceptors (Lipinski definition) is 6. The van der Waals surface area contributed by atoms with Crippen LogP contribution in [-0.4, -0.2) is 28.9 Å². The van der Waals surface area contributed by atoms with Crippen LogP contribution in [0.1, 0.15) is 27.6 Å². The zero-order valence-electron chi connectivity index (χ0n) is 17.4. The Morgan fingerprint density at radius 2 is 1.79 bits per heavy atom. The van der Waals surface area contributed by atoms with Gasteiger partial charge < -0.3 is 15.8 Å². The lowest BCUT2D eigenvalue weighted by Gasteiger charge is -2.15. The molecular formula is C24H18FN3O4S. The quantitative estimate of drug-likeness (QED) is 0.412. The van der Waals surface area contributed by atoms with Crippen LogP contribution in [0.2, 0.25) is 0 Å². The first-order valence-corrected chi connectivity index (χ1v) is 10.8. The van der Waals surface area contributed by atoms with E-state index in [0.717, 1.165) is 11.3 Å². The highest BCUT2D eigenvalue weighted by Crippen LogP contribution is 2.27. The Morgan fingerprint density at radius 1 is 1.06 bits per heavy atom. The summed E-state index contributed by atoms with van der Waals surface area (Å²) >= 11 is 1.13. The van der Waals surface area contributed by atoms with Crippen molar-refractivity contribution in [2.24, 2.45) is 5.73 Å². The summed E-state index contributed by atoms with van der Waals surface area (Å²) in [6, 6.07) is 15.8. The molecule has 166 valence electrons. The Kier molecular flexibility index (Phi) is 6.14. The van der Waals surface area contributed by atoms with Gasteiger partial charge in [-0.25, -0.2) is 14.2 Å². The molecule has 7 nitrogen and oxygen atoms in total. The van der Waals surface area contributed by atoms with E-state index in [2.05, 4.69) is 10.3 Å². The number of hydrogen-bond donors (Lipinski definition) is 2. The van der Waals surface area contributed by atoms with E-state index < -0.39 is 23.9 Å². The number of carbonyl (C=O) groups is 3. The highest BCUT2D eigenvalue weighted by Gasteiger charge is 2.23. The zero-order chi connectivity index (χ0) is 23.5. The molecule has 1 atom stereocenters. The SMILES string of the molecule is CC(OC(=O)c1cc(-c2ccc(F)cc2)nc2ccccc12)C(=O)Nc1sccc1C(N)=O. The third-order valence-electron chi connectivity index (χ3n) is 4.90. The molecule has 0 spiro atoms. The molecule has 4 rings (SSSR count). The van der Waals surface area contributed by atoms with Gasteiger partial charge in [0.25, 0.3) is 11.8 Å². The smallest absolute Gasteiger partial charge is 0.339 e. The van der Waals surface area contributed by atoms with E-state index in [9.17, 15) is 18.8 Å². The van der Waals surface area contributed by atoms with E-state index in [1.54, 1.807) is 47.8 Å². The van der Waals surface area contributed by atoms with Gasteiger partial charge in [0.05, 0.1) is 22.3 Å². The average molecular weight is 463 g/mol. The molecule has 2 aromatic carbocycles. The minimum atomic E-state index is -1.15. The number of anilines is 1. The summed E-state index contributed by atoms with van der Waals surface area (Å²) in [5.74, 6) is -2.39. The Balaban J connectivity index is 1.60. The first-order chi connectivity index (χ1) is 15.8. The molecule has 0 aliphatic heterocycles. The van der Waals surface area contributed by atoms with Crippen molar-refractivity contribution in [1.82, 2.24) is 4.98 Å². The van der Waals surface area contributed by atoms with E-state index in [-0.39, 0.29) is 21.9 Å². The normalized spacial score (nSPS) is 11.7. The van der Waals surface area contributed by atoms with Crippen molar-refractivity contribution in [3.05, 3.63) is 83.0 Å². The van der Waals surface area contributed by atoms with Crippen molar-refractivity contribution in [1.29, 1.82) is 0 Å². The van der Waals surface area contributed by atoms with E-state index in [0.29, 0.717) is 22.2 Å². The van der Waals surface area contributed by atoms with Gasteiger partial charge in [0.15, 0.2) is 6.10 Å². The van der Waals surface area contributed by atoms with Gasteiger partial charge in [-0.2, -0.15) is 0 Å². The van der Waals surface area contributed by atoms with Gasteiger partial charge in [0, 0.05) is 10.9 Å². The number of pyridine rings is 1. The zero-order valence-corrected chi connectivity index (χ0v) is 18.2. The maximum Gasteiger partial charge on any atom is 0.339 e. The molecule has 2 aromatic heterocycles. The number of nitrogens with one attached hydrogen (secondary N) is 1. The summed E-state index contributed by atoms with van der Waals surface area (Å²) in [5.41, 5.74) is 7.32. The third kappa shape index (κ3) is 4.73. The molecule has 4 aromatic rings. The minimum absolute atomic E-state index is 0.177. The van der Waals surface area contributed by atoms with Crippen molar-refractivity contribution in [2.75, 3.05) is 5.32 Å². The number of aromatic nitrogens is 1. The summed E-state index contributed by atoms with van der Waals surface area (Å²) in [4.78, 5) is 41.6. The Bertz CT molecular complexity index is 1370. The fourth-order valence-corrected chi connectivity index (χ4v) is 4.00. The second-order valence-electron chi connectivity index (χ2n) is 7.14. The molecule has 0 saturated carbocycles. The van der Waals surface area contributed by atoms with Crippen LogP contribution in [0.15, 0.2) is 66.0 Å². The van der Waals surface area contributed by atoms with Gasteiger partial charge in [-0.15, -0.1) is 11.3 Å². The van der Waals surface area contributed by atoms with Gasteiger partial charge in [0.2, 0.25) is 0 Å². The molecule has 3 N–H and O–H groups in total. The number of thiophene rings is 1. The summed E-state index contributed by atoms with van der Waals surface area (Å²) in [6.07, 6.45) is -1.15. The lowest BCUT2D eigenvalue weighted by Crippen LogP contribution is -2.30. The van der Waals surface area contributed by atoms with Crippen LogP contribution >= 0.6 is 11.3 Å².